The second-order valence-corrected chi connectivity index (χ2v) is 4.26. The molecular weight excluding hydrogens is 217 g/mol. The molecule has 0 aliphatic carbocycles. The lowest BCUT2D eigenvalue weighted by Gasteiger charge is -2.15. The molecule has 1 atom stereocenters. The maximum Gasteiger partial charge on any atom is 0.441 e. The molecule has 1 aliphatic rings. The summed E-state index contributed by atoms with van der Waals surface area (Å²) in [6.07, 6.45) is 0.247. The van der Waals surface area contributed by atoms with Crippen molar-refractivity contribution in [3.8, 4) is 0 Å². The molecule has 0 aromatic heterocycles. The fourth-order valence-electron chi connectivity index (χ4n) is 1.29. The van der Waals surface area contributed by atoms with Gasteiger partial charge in [0, 0.05) is 31.3 Å². The number of hydrogen-bond acceptors (Lipinski definition) is 3. The van der Waals surface area contributed by atoms with Crippen molar-refractivity contribution in [1.29, 1.82) is 0 Å². The summed E-state index contributed by atoms with van der Waals surface area (Å²) in [5.74, 6) is -0.276. The molecule has 1 heterocycles. The monoisotopic (exact) mass is 228 g/mol. The second-order valence-electron chi connectivity index (χ2n) is 3.10. The van der Waals surface area contributed by atoms with E-state index in [4.69, 9.17) is 5.73 Å². The molecule has 0 saturated carbocycles. The minimum absolute atomic E-state index is 0.111. The lowest BCUT2D eigenvalue weighted by molar-refractivity contribution is -0.127. The molecule has 2 N–H and O–H groups in total. The van der Waals surface area contributed by atoms with Crippen LogP contribution in [0.5, 0.6) is 0 Å². The predicted molar refractivity (Wildman–Crippen MR) is 47.7 cm³/mol. The van der Waals surface area contributed by atoms with Crippen LogP contribution in [0.4, 0.5) is 13.2 Å². The fourth-order valence-corrected chi connectivity index (χ4v) is 1.83. The lowest BCUT2D eigenvalue weighted by atomic mass is 10.3. The minimum atomic E-state index is -4.22. The van der Waals surface area contributed by atoms with Crippen molar-refractivity contribution in [3.63, 3.8) is 0 Å². The van der Waals surface area contributed by atoms with Crippen molar-refractivity contribution in [2.45, 2.75) is 18.0 Å². The number of rotatable bonds is 3. The number of carbonyl (C=O) groups is 1. The van der Waals surface area contributed by atoms with Crippen LogP contribution >= 0.6 is 11.8 Å². The third kappa shape index (κ3) is 3.75. The van der Waals surface area contributed by atoms with Crippen LogP contribution in [0.2, 0.25) is 0 Å². The Kier molecular flexibility index (Phi) is 3.65. The smallest absolute Gasteiger partial charge is 0.340 e. The second kappa shape index (κ2) is 4.39. The average molecular weight is 228 g/mol. The number of thioether (sulfide) groups is 1. The number of alkyl halides is 3. The Hall–Kier alpha value is -0.430. The zero-order chi connectivity index (χ0) is 10.8. The third-order valence-electron chi connectivity index (χ3n) is 1.87. The van der Waals surface area contributed by atoms with E-state index < -0.39 is 5.51 Å². The highest BCUT2D eigenvalue weighted by Crippen LogP contribution is 2.30. The molecule has 1 saturated heterocycles. The van der Waals surface area contributed by atoms with Crippen LogP contribution in [0.3, 0.4) is 0 Å². The van der Waals surface area contributed by atoms with Gasteiger partial charge in [-0.3, -0.25) is 4.79 Å². The third-order valence-corrected chi connectivity index (χ3v) is 2.59. The molecule has 0 spiro atoms. The Morgan fingerprint density at radius 2 is 2.21 bits per heavy atom. The van der Waals surface area contributed by atoms with Crippen LogP contribution in [0.15, 0.2) is 0 Å². The standard InChI is InChI=1S/C7H11F3N2OS/c8-7(9,10)14-2-1-12-4-5(11)3-6(12)13/h5H,1-4,11H2. The van der Waals surface area contributed by atoms with Crippen molar-refractivity contribution in [1.82, 2.24) is 4.90 Å². The quantitative estimate of drug-likeness (QED) is 0.777. The van der Waals surface area contributed by atoms with Crippen LogP contribution in [-0.4, -0.2) is 41.2 Å². The van der Waals surface area contributed by atoms with Crippen LogP contribution < -0.4 is 5.73 Å². The lowest BCUT2D eigenvalue weighted by Crippen LogP contribution is -2.30. The molecule has 14 heavy (non-hydrogen) atoms. The number of hydrogen-bond donors (Lipinski definition) is 1. The largest absolute Gasteiger partial charge is 0.441 e. The first-order valence-electron chi connectivity index (χ1n) is 4.12. The Bertz CT molecular complexity index is 221. The number of halogens is 3. The molecule has 7 heteroatoms. The average Bonchev–Trinajstić information content (AvgIpc) is 2.27. The molecule has 1 rings (SSSR count). The van der Waals surface area contributed by atoms with Gasteiger partial charge in [0.1, 0.15) is 0 Å². The van der Waals surface area contributed by atoms with E-state index >= 15 is 0 Å². The summed E-state index contributed by atoms with van der Waals surface area (Å²) in [6, 6.07) is -0.224. The highest BCUT2D eigenvalue weighted by Gasteiger charge is 2.30. The van der Waals surface area contributed by atoms with Gasteiger partial charge in [0.15, 0.2) is 0 Å². The van der Waals surface area contributed by atoms with E-state index in [0.29, 0.717) is 6.54 Å². The molecular formula is C7H11F3N2OS. The number of nitrogens with zero attached hydrogens (tertiary/aromatic N) is 1. The van der Waals surface area contributed by atoms with Gasteiger partial charge >= 0.3 is 5.51 Å². The van der Waals surface area contributed by atoms with Crippen molar-refractivity contribution < 1.29 is 18.0 Å². The van der Waals surface area contributed by atoms with Gasteiger partial charge in [-0.15, -0.1) is 0 Å². The number of likely N-dealkylation sites (tertiary alicyclic amines) is 1. The maximum absolute atomic E-state index is 11.7. The summed E-state index contributed by atoms with van der Waals surface area (Å²) >= 11 is -0.111. The van der Waals surface area contributed by atoms with Gasteiger partial charge in [-0.05, 0) is 11.8 Å². The van der Waals surface area contributed by atoms with E-state index in [1.54, 1.807) is 0 Å². The first-order chi connectivity index (χ1) is 6.38. The van der Waals surface area contributed by atoms with Gasteiger partial charge in [0.05, 0.1) is 0 Å². The Morgan fingerprint density at radius 1 is 1.57 bits per heavy atom. The summed E-state index contributed by atoms with van der Waals surface area (Å²) in [4.78, 5) is 12.5. The highest BCUT2D eigenvalue weighted by atomic mass is 32.2. The number of amides is 1. The predicted octanol–water partition coefficient (Wildman–Crippen LogP) is 0.799. The van der Waals surface area contributed by atoms with E-state index in [-0.39, 0.29) is 42.4 Å². The van der Waals surface area contributed by atoms with Gasteiger partial charge in [-0.2, -0.15) is 13.2 Å². The van der Waals surface area contributed by atoms with Gasteiger partial charge in [0.2, 0.25) is 5.91 Å². The molecule has 0 bridgehead atoms. The Morgan fingerprint density at radius 3 is 2.64 bits per heavy atom. The molecule has 3 nitrogen and oxygen atoms in total. The van der Waals surface area contributed by atoms with Crippen molar-refractivity contribution in [3.05, 3.63) is 0 Å². The summed E-state index contributed by atoms with van der Waals surface area (Å²) in [5, 5.41) is 0. The molecule has 1 aliphatic heterocycles. The van der Waals surface area contributed by atoms with Crippen molar-refractivity contribution >= 4 is 17.7 Å². The van der Waals surface area contributed by atoms with E-state index in [1.165, 1.54) is 4.90 Å². The van der Waals surface area contributed by atoms with Gasteiger partial charge in [0.25, 0.3) is 0 Å². The molecule has 0 aromatic carbocycles. The normalized spacial score (nSPS) is 23.3. The molecule has 1 amide bonds. The van der Waals surface area contributed by atoms with Crippen LogP contribution in [-0.2, 0) is 4.79 Å². The van der Waals surface area contributed by atoms with Gasteiger partial charge in [-0.1, -0.05) is 0 Å². The Labute approximate surface area is 83.8 Å². The molecule has 1 unspecified atom stereocenters. The Balaban J connectivity index is 2.22. The van der Waals surface area contributed by atoms with Crippen molar-refractivity contribution in [2.24, 2.45) is 5.73 Å². The first kappa shape index (κ1) is 11.6. The van der Waals surface area contributed by atoms with E-state index in [0.717, 1.165) is 0 Å². The molecule has 0 radical (unpaired) electrons. The zero-order valence-corrected chi connectivity index (χ0v) is 8.20. The maximum atomic E-state index is 11.7. The highest BCUT2D eigenvalue weighted by molar-refractivity contribution is 8.00. The molecule has 1 fully saturated rings. The zero-order valence-electron chi connectivity index (χ0n) is 7.38. The molecule has 0 aromatic rings. The summed E-state index contributed by atoms with van der Waals surface area (Å²) in [5.41, 5.74) is 1.26. The summed E-state index contributed by atoms with van der Waals surface area (Å²) in [7, 11) is 0. The number of carbonyl (C=O) groups excluding carboxylic acids is 1. The van der Waals surface area contributed by atoms with Gasteiger partial charge in [-0.25, -0.2) is 0 Å². The van der Waals surface area contributed by atoms with Gasteiger partial charge < -0.3 is 10.6 Å². The van der Waals surface area contributed by atoms with Crippen molar-refractivity contribution in [2.75, 3.05) is 18.8 Å². The van der Waals surface area contributed by atoms with Crippen LogP contribution in [0, 0.1) is 0 Å². The summed E-state index contributed by atoms with van der Waals surface area (Å²) < 4.78 is 35.2. The topological polar surface area (TPSA) is 46.3 Å². The van der Waals surface area contributed by atoms with E-state index in [1.807, 2.05) is 0 Å². The van der Waals surface area contributed by atoms with E-state index in [2.05, 4.69) is 0 Å². The van der Waals surface area contributed by atoms with E-state index in [9.17, 15) is 18.0 Å². The first-order valence-corrected chi connectivity index (χ1v) is 5.11. The summed E-state index contributed by atoms with van der Waals surface area (Å²) in [6.45, 7) is 0.494. The fraction of sp³-hybridized carbons (Fsp3) is 0.857. The molecule has 82 valence electrons. The van der Waals surface area contributed by atoms with Crippen LogP contribution in [0.25, 0.3) is 0 Å². The SMILES string of the molecule is NC1CC(=O)N(CCSC(F)(F)F)C1. The minimum Gasteiger partial charge on any atom is -0.340 e. The van der Waals surface area contributed by atoms with Crippen LogP contribution in [0.1, 0.15) is 6.42 Å². The number of nitrogens with two attached hydrogens (primary N) is 1.